The highest BCUT2D eigenvalue weighted by Gasteiger charge is 2.34. The molecule has 37 heavy (non-hydrogen) atoms. The quantitative estimate of drug-likeness (QED) is 0.338. The van der Waals surface area contributed by atoms with Crippen LogP contribution >= 0.6 is 23.4 Å². The first-order valence-corrected chi connectivity index (χ1v) is 13.6. The second-order valence-corrected chi connectivity index (χ2v) is 11.1. The number of aliphatic imine (C=N–C) groups is 1. The van der Waals surface area contributed by atoms with E-state index in [2.05, 4.69) is 44.7 Å². The van der Waals surface area contributed by atoms with Gasteiger partial charge in [0.25, 0.3) is 5.91 Å². The number of hydrogen-bond acceptors (Lipinski definition) is 6. The van der Waals surface area contributed by atoms with E-state index >= 15 is 0 Å². The molecular formula is C29H34ClN3O3S. The molecular weight excluding hydrogens is 506 g/mol. The zero-order valence-electron chi connectivity index (χ0n) is 22.3. The van der Waals surface area contributed by atoms with Crippen LogP contribution in [-0.4, -0.2) is 55.4 Å². The molecule has 0 saturated carbocycles. The molecule has 1 amide bonds. The predicted molar refractivity (Wildman–Crippen MR) is 156 cm³/mol. The molecule has 0 aliphatic carbocycles. The molecule has 2 aromatic carbocycles. The van der Waals surface area contributed by atoms with E-state index in [9.17, 15) is 4.79 Å². The molecule has 0 radical (unpaired) electrons. The third-order valence-corrected chi connectivity index (χ3v) is 7.87. The number of rotatable bonds is 8. The van der Waals surface area contributed by atoms with Gasteiger partial charge in [-0.15, -0.1) is 0 Å². The number of ether oxygens (including phenoxy) is 2. The molecule has 8 heteroatoms. The Hall–Kier alpha value is -2.74. The Morgan fingerprint density at radius 2 is 1.86 bits per heavy atom. The molecule has 0 N–H and O–H groups in total. The molecule has 1 saturated heterocycles. The van der Waals surface area contributed by atoms with Gasteiger partial charge in [0.05, 0.1) is 36.4 Å². The number of carbonyl (C=O) groups excluding carboxylic acids is 1. The number of amidine groups is 1. The second kappa shape index (κ2) is 11.3. The normalized spacial score (nSPS) is 19.0. The summed E-state index contributed by atoms with van der Waals surface area (Å²) in [5, 5.41) is 1.23. The lowest BCUT2D eigenvalue weighted by atomic mass is 9.87. The van der Waals surface area contributed by atoms with Crippen LogP contribution in [0.2, 0.25) is 5.02 Å². The average Bonchev–Trinajstić information content (AvgIpc) is 3.15. The van der Waals surface area contributed by atoms with E-state index in [1.165, 1.54) is 17.3 Å². The molecule has 2 heterocycles. The number of thioether (sulfide) groups is 1. The van der Waals surface area contributed by atoms with Gasteiger partial charge in [-0.1, -0.05) is 24.6 Å². The van der Waals surface area contributed by atoms with Gasteiger partial charge in [0.15, 0.2) is 5.17 Å². The summed E-state index contributed by atoms with van der Waals surface area (Å²) in [7, 11) is 3.25. The number of fused-ring (bicyclic) bond motifs is 1. The number of nitrogens with zero attached hydrogens (tertiary/aromatic N) is 3. The van der Waals surface area contributed by atoms with Gasteiger partial charge in [-0.05, 0) is 92.6 Å². The number of halogens is 1. The third kappa shape index (κ3) is 5.74. The summed E-state index contributed by atoms with van der Waals surface area (Å²) in [5.41, 5.74) is 4.94. The van der Waals surface area contributed by atoms with Gasteiger partial charge in [0.2, 0.25) is 0 Å². The minimum absolute atomic E-state index is 0.0949. The topological polar surface area (TPSA) is 54.4 Å². The molecule has 2 aliphatic rings. The fourth-order valence-corrected chi connectivity index (χ4v) is 5.96. The van der Waals surface area contributed by atoms with Crippen molar-refractivity contribution in [1.82, 2.24) is 4.90 Å². The van der Waals surface area contributed by atoms with Crippen molar-refractivity contribution < 1.29 is 14.3 Å². The van der Waals surface area contributed by atoms with Gasteiger partial charge in [-0.2, -0.15) is 0 Å². The Kier molecular flexibility index (Phi) is 8.36. The average molecular weight is 540 g/mol. The van der Waals surface area contributed by atoms with Crippen LogP contribution < -0.4 is 9.64 Å². The second-order valence-electron chi connectivity index (χ2n) is 9.68. The SMILES string of the molecule is CCCN1c2cc(Cl)c(/C=C3/SC(=Nc4ccc(OC)cc4)N(CCOC)C3=O)cc2C(C)=CC1(C)C. The lowest BCUT2D eigenvalue weighted by Gasteiger charge is -2.43. The highest BCUT2D eigenvalue weighted by Crippen LogP contribution is 2.43. The summed E-state index contributed by atoms with van der Waals surface area (Å²) in [6.07, 6.45) is 5.22. The summed E-state index contributed by atoms with van der Waals surface area (Å²) in [6, 6.07) is 11.6. The minimum Gasteiger partial charge on any atom is -0.497 e. The largest absolute Gasteiger partial charge is 0.497 e. The minimum atomic E-state index is -0.107. The lowest BCUT2D eigenvalue weighted by molar-refractivity contribution is -0.122. The molecule has 0 unspecified atom stereocenters. The summed E-state index contributed by atoms with van der Waals surface area (Å²) >= 11 is 8.17. The maximum absolute atomic E-state index is 13.4. The highest BCUT2D eigenvalue weighted by atomic mass is 35.5. The van der Waals surface area contributed by atoms with Gasteiger partial charge in [0.1, 0.15) is 5.75 Å². The van der Waals surface area contributed by atoms with Gasteiger partial charge < -0.3 is 14.4 Å². The first-order valence-electron chi connectivity index (χ1n) is 12.4. The van der Waals surface area contributed by atoms with Crippen molar-refractivity contribution in [1.29, 1.82) is 0 Å². The number of allylic oxidation sites excluding steroid dienone is 1. The van der Waals surface area contributed by atoms with Crippen LogP contribution in [0.4, 0.5) is 11.4 Å². The van der Waals surface area contributed by atoms with Crippen molar-refractivity contribution in [3.8, 4) is 5.75 Å². The van der Waals surface area contributed by atoms with Crippen molar-refractivity contribution >= 4 is 57.5 Å². The number of carbonyl (C=O) groups is 1. The number of amides is 1. The Labute approximate surface area is 229 Å². The van der Waals surface area contributed by atoms with Crippen LogP contribution in [0.3, 0.4) is 0 Å². The van der Waals surface area contributed by atoms with E-state index in [4.69, 9.17) is 26.1 Å². The fraction of sp³-hybridized carbons (Fsp3) is 0.379. The summed E-state index contributed by atoms with van der Waals surface area (Å²) in [6.45, 7) is 10.5. The fourth-order valence-electron chi connectivity index (χ4n) is 4.74. The maximum Gasteiger partial charge on any atom is 0.266 e. The highest BCUT2D eigenvalue weighted by molar-refractivity contribution is 8.18. The molecule has 0 atom stereocenters. The summed E-state index contributed by atoms with van der Waals surface area (Å²) in [5.74, 6) is 0.646. The predicted octanol–water partition coefficient (Wildman–Crippen LogP) is 7.01. The Morgan fingerprint density at radius 3 is 2.51 bits per heavy atom. The molecule has 0 aromatic heterocycles. The zero-order valence-corrected chi connectivity index (χ0v) is 23.9. The van der Waals surface area contributed by atoms with Crippen LogP contribution in [0.5, 0.6) is 5.75 Å². The van der Waals surface area contributed by atoms with Crippen LogP contribution in [0.15, 0.2) is 52.4 Å². The standard InChI is InChI=1S/C29H34ClN3O3S/c1-7-12-33-25-17-24(30)20(15-23(25)19(2)18-29(33,3)4)16-26-27(34)32(13-14-35-5)28(37-26)31-21-8-10-22(36-6)11-9-21/h8-11,15-18H,7,12-14H2,1-6H3/b26-16+,31-28?. The van der Waals surface area contributed by atoms with Crippen LogP contribution in [0.25, 0.3) is 11.6 Å². The summed E-state index contributed by atoms with van der Waals surface area (Å²) in [4.78, 5) is 22.8. The van der Waals surface area contributed by atoms with Crippen molar-refractivity contribution in [2.24, 2.45) is 4.99 Å². The first kappa shape index (κ1) is 27.3. The van der Waals surface area contributed by atoms with Crippen LogP contribution in [0.1, 0.15) is 45.2 Å². The van der Waals surface area contributed by atoms with Crippen molar-refractivity contribution in [2.45, 2.75) is 39.7 Å². The summed E-state index contributed by atoms with van der Waals surface area (Å²) < 4.78 is 10.5. The molecule has 6 nitrogen and oxygen atoms in total. The van der Waals surface area contributed by atoms with Crippen molar-refractivity contribution in [3.63, 3.8) is 0 Å². The molecule has 0 bridgehead atoms. The number of hydrogen-bond donors (Lipinski definition) is 0. The van der Waals surface area contributed by atoms with E-state index < -0.39 is 0 Å². The van der Waals surface area contributed by atoms with Crippen LogP contribution in [-0.2, 0) is 9.53 Å². The van der Waals surface area contributed by atoms with E-state index in [0.717, 1.165) is 41.2 Å². The zero-order chi connectivity index (χ0) is 26.7. The Balaban J connectivity index is 1.71. The Bertz CT molecular complexity index is 1270. The van der Waals surface area contributed by atoms with Gasteiger partial charge in [-0.3, -0.25) is 9.69 Å². The molecule has 196 valence electrons. The number of benzene rings is 2. The van der Waals surface area contributed by atoms with Crippen molar-refractivity contribution in [3.05, 3.63) is 63.5 Å². The molecule has 2 aliphatic heterocycles. The monoisotopic (exact) mass is 539 g/mol. The number of methoxy groups -OCH3 is 2. The van der Waals surface area contributed by atoms with Gasteiger partial charge in [0, 0.05) is 29.9 Å². The smallest absolute Gasteiger partial charge is 0.266 e. The van der Waals surface area contributed by atoms with E-state index in [-0.39, 0.29) is 11.4 Å². The maximum atomic E-state index is 13.4. The van der Waals surface area contributed by atoms with Crippen molar-refractivity contribution in [2.75, 3.05) is 38.8 Å². The van der Waals surface area contributed by atoms with E-state index in [0.29, 0.717) is 28.2 Å². The lowest BCUT2D eigenvalue weighted by Crippen LogP contribution is -2.45. The van der Waals surface area contributed by atoms with E-state index in [1.807, 2.05) is 36.4 Å². The molecule has 0 spiro atoms. The number of anilines is 1. The van der Waals surface area contributed by atoms with Gasteiger partial charge in [-0.25, -0.2) is 4.99 Å². The van der Waals surface area contributed by atoms with Crippen LogP contribution in [0, 0.1) is 0 Å². The first-order chi connectivity index (χ1) is 17.7. The van der Waals surface area contributed by atoms with Gasteiger partial charge >= 0.3 is 0 Å². The molecule has 1 fully saturated rings. The third-order valence-electron chi connectivity index (χ3n) is 6.53. The Morgan fingerprint density at radius 1 is 1.14 bits per heavy atom. The van der Waals surface area contributed by atoms with E-state index in [1.54, 1.807) is 19.1 Å². The molecule has 2 aromatic rings. The molecule has 4 rings (SSSR count).